The summed E-state index contributed by atoms with van der Waals surface area (Å²) in [4.78, 5) is 63.9. The van der Waals surface area contributed by atoms with Crippen LogP contribution < -0.4 is 26.6 Å². The molecule has 3 atom stereocenters. The molecule has 2 aliphatic heterocycles. The smallest absolute Gasteiger partial charge is 0.322 e. The number of urea groups is 1. The summed E-state index contributed by atoms with van der Waals surface area (Å²) in [5.74, 6) is -2.51. The minimum atomic E-state index is -1.13. The number of anilines is 1. The van der Waals surface area contributed by atoms with Gasteiger partial charge in [0.15, 0.2) is 0 Å². The Morgan fingerprint density at radius 2 is 1.76 bits per heavy atom. The number of benzene rings is 2. The number of para-hydroxylation sites is 1. The number of primary amides is 1. The van der Waals surface area contributed by atoms with Crippen LogP contribution in [0.25, 0.3) is 0 Å². The number of hydrogen-bond acceptors (Lipinski definition) is 6. The molecule has 1 fully saturated rings. The lowest BCUT2D eigenvalue weighted by Crippen LogP contribution is -2.61. The summed E-state index contributed by atoms with van der Waals surface area (Å²) in [5, 5.41) is 6.62. The third-order valence-electron chi connectivity index (χ3n) is 5.25. The van der Waals surface area contributed by atoms with Crippen LogP contribution in [-0.4, -0.2) is 48.3 Å². The van der Waals surface area contributed by atoms with E-state index in [0.29, 0.717) is 5.69 Å². The monoisotopic (exact) mass is 467 g/mol. The predicted molar refractivity (Wildman–Crippen MR) is 120 cm³/mol. The molecular formula is C22H21N5O5S. The van der Waals surface area contributed by atoms with Crippen molar-refractivity contribution in [2.75, 3.05) is 11.4 Å². The molecular weight excluding hydrogens is 446 g/mol. The number of hydrogen-bond donors (Lipinski definition) is 4. The van der Waals surface area contributed by atoms with Gasteiger partial charge in [0.25, 0.3) is 5.91 Å². The molecule has 10 nitrogen and oxygen atoms in total. The van der Waals surface area contributed by atoms with Crippen molar-refractivity contribution < 1.29 is 24.0 Å². The van der Waals surface area contributed by atoms with E-state index in [4.69, 9.17) is 5.73 Å². The molecule has 1 saturated heterocycles. The van der Waals surface area contributed by atoms with E-state index in [9.17, 15) is 24.0 Å². The second-order valence-corrected chi connectivity index (χ2v) is 8.76. The van der Waals surface area contributed by atoms with Crippen LogP contribution in [0.1, 0.15) is 17.2 Å². The van der Waals surface area contributed by atoms with Crippen LogP contribution in [0.4, 0.5) is 10.5 Å². The molecule has 4 rings (SSSR count). The first-order valence-electron chi connectivity index (χ1n) is 10.1. The molecule has 0 saturated carbocycles. The van der Waals surface area contributed by atoms with E-state index in [1.807, 2.05) is 42.5 Å². The Morgan fingerprint density at radius 1 is 1.06 bits per heavy atom. The lowest BCUT2D eigenvalue weighted by atomic mass is 10.0. The maximum Gasteiger partial charge on any atom is 0.322 e. The number of carbonyl (C=O) groups is 5. The molecule has 0 spiro atoms. The minimum Gasteiger partial charge on any atom is -0.368 e. The Bertz CT molecular complexity index is 1110. The third kappa shape index (κ3) is 4.82. The molecule has 3 unspecified atom stereocenters. The fraction of sp³-hybridized carbons (Fsp3) is 0.227. The molecule has 5 N–H and O–H groups in total. The van der Waals surface area contributed by atoms with Crippen LogP contribution in [0, 0.1) is 0 Å². The summed E-state index contributed by atoms with van der Waals surface area (Å²) in [6.07, 6.45) is -0.257. The number of fused-ring (bicyclic) bond motifs is 1. The van der Waals surface area contributed by atoms with Gasteiger partial charge in [-0.25, -0.2) is 4.79 Å². The van der Waals surface area contributed by atoms with Gasteiger partial charge in [0.05, 0.1) is 17.4 Å². The molecule has 2 aromatic rings. The van der Waals surface area contributed by atoms with Crippen molar-refractivity contribution >= 4 is 47.1 Å². The van der Waals surface area contributed by atoms with E-state index in [1.54, 1.807) is 12.1 Å². The highest BCUT2D eigenvalue weighted by Crippen LogP contribution is 2.45. The summed E-state index contributed by atoms with van der Waals surface area (Å²) in [5.41, 5.74) is 6.70. The number of nitrogens with two attached hydrogens (primary N) is 1. The van der Waals surface area contributed by atoms with Gasteiger partial charge in [-0.1, -0.05) is 42.5 Å². The Morgan fingerprint density at radius 3 is 2.45 bits per heavy atom. The number of thioether (sulfide) groups is 1. The topological polar surface area (TPSA) is 151 Å². The van der Waals surface area contributed by atoms with Crippen molar-refractivity contribution in [3.8, 4) is 0 Å². The first-order chi connectivity index (χ1) is 15.8. The van der Waals surface area contributed by atoms with Gasteiger partial charge in [0.2, 0.25) is 17.7 Å². The van der Waals surface area contributed by atoms with Gasteiger partial charge in [0.1, 0.15) is 18.6 Å². The SMILES string of the molecule is NC(=O)CN1C(=O)C(NC(=O)C2CC(=O)NC(=O)N2)C(c2ccccc2)Sc2ccccc21. The van der Waals surface area contributed by atoms with Gasteiger partial charge in [-0.05, 0) is 17.7 Å². The highest BCUT2D eigenvalue weighted by molar-refractivity contribution is 7.99. The first kappa shape index (κ1) is 22.3. The number of rotatable bonds is 5. The van der Waals surface area contributed by atoms with Crippen molar-refractivity contribution in [3.63, 3.8) is 0 Å². The van der Waals surface area contributed by atoms with Crippen LogP contribution >= 0.6 is 11.8 Å². The lowest BCUT2D eigenvalue weighted by Gasteiger charge is -2.30. The van der Waals surface area contributed by atoms with Crippen LogP contribution in [0.15, 0.2) is 59.5 Å². The van der Waals surface area contributed by atoms with Crippen molar-refractivity contribution in [2.45, 2.75) is 28.6 Å². The van der Waals surface area contributed by atoms with Gasteiger partial charge in [-0.15, -0.1) is 11.8 Å². The second-order valence-electron chi connectivity index (χ2n) is 7.57. The number of carbonyl (C=O) groups excluding carboxylic acids is 5. The standard InChI is InChI=1S/C22H21N5O5S/c23-16(28)11-27-14-8-4-5-9-15(14)33-19(12-6-2-1-3-7-12)18(21(27)31)26-20(30)13-10-17(29)25-22(32)24-13/h1-9,13,18-19H,10-11H2,(H2,23,28)(H,26,30)(H2,24,25,29,32). The van der Waals surface area contributed by atoms with E-state index >= 15 is 0 Å². The zero-order valence-corrected chi connectivity index (χ0v) is 18.1. The van der Waals surface area contributed by atoms with E-state index < -0.39 is 47.0 Å². The molecule has 2 aliphatic rings. The summed E-state index contributed by atoms with van der Waals surface area (Å²) >= 11 is 1.37. The highest BCUT2D eigenvalue weighted by atomic mass is 32.2. The van der Waals surface area contributed by atoms with Gasteiger partial charge in [-0.3, -0.25) is 24.5 Å². The summed E-state index contributed by atoms with van der Waals surface area (Å²) in [7, 11) is 0. The van der Waals surface area contributed by atoms with Gasteiger partial charge < -0.3 is 21.3 Å². The van der Waals surface area contributed by atoms with Crippen LogP contribution in [0.3, 0.4) is 0 Å². The molecule has 0 radical (unpaired) electrons. The zero-order valence-electron chi connectivity index (χ0n) is 17.3. The van der Waals surface area contributed by atoms with Crippen LogP contribution in [0.2, 0.25) is 0 Å². The number of amides is 6. The van der Waals surface area contributed by atoms with Gasteiger partial charge in [0, 0.05) is 4.90 Å². The molecule has 33 heavy (non-hydrogen) atoms. The van der Waals surface area contributed by atoms with E-state index in [1.165, 1.54) is 16.7 Å². The molecule has 170 valence electrons. The number of nitrogens with one attached hydrogen (secondary N) is 3. The van der Waals surface area contributed by atoms with Crippen molar-refractivity contribution in [1.82, 2.24) is 16.0 Å². The van der Waals surface area contributed by atoms with Crippen molar-refractivity contribution in [2.24, 2.45) is 5.73 Å². The van der Waals surface area contributed by atoms with E-state index in [0.717, 1.165) is 10.5 Å². The molecule has 0 bridgehead atoms. The number of imide groups is 1. The summed E-state index contributed by atoms with van der Waals surface area (Å²) in [6, 6.07) is 13.2. The summed E-state index contributed by atoms with van der Waals surface area (Å²) in [6.45, 7) is -0.368. The average molecular weight is 468 g/mol. The molecule has 0 aliphatic carbocycles. The maximum atomic E-state index is 13.7. The molecule has 6 amide bonds. The predicted octanol–water partition coefficient (Wildman–Crippen LogP) is 0.435. The second kappa shape index (κ2) is 9.33. The van der Waals surface area contributed by atoms with Gasteiger partial charge >= 0.3 is 6.03 Å². The largest absolute Gasteiger partial charge is 0.368 e. The maximum absolute atomic E-state index is 13.7. The summed E-state index contributed by atoms with van der Waals surface area (Å²) < 4.78 is 0. The van der Waals surface area contributed by atoms with Crippen LogP contribution in [0.5, 0.6) is 0 Å². The quantitative estimate of drug-likeness (QED) is 0.501. The van der Waals surface area contributed by atoms with Crippen LogP contribution in [-0.2, 0) is 19.2 Å². The molecule has 0 aromatic heterocycles. The molecule has 11 heteroatoms. The fourth-order valence-electron chi connectivity index (χ4n) is 3.78. The molecule has 2 aromatic carbocycles. The van der Waals surface area contributed by atoms with Gasteiger partial charge in [-0.2, -0.15) is 0 Å². The van der Waals surface area contributed by atoms with Crippen molar-refractivity contribution in [3.05, 3.63) is 60.2 Å². The van der Waals surface area contributed by atoms with E-state index in [2.05, 4.69) is 16.0 Å². The lowest BCUT2D eigenvalue weighted by molar-refractivity contribution is -0.131. The Hall–Kier alpha value is -3.86. The molecule has 2 heterocycles. The average Bonchev–Trinajstić information content (AvgIpc) is 2.89. The minimum absolute atomic E-state index is 0.257. The first-order valence-corrected chi connectivity index (χ1v) is 11.0. The van der Waals surface area contributed by atoms with E-state index in [-0.39, 0.29) is 13.0 Å². The normalized spacial score (nSPS) is 22.5. The fourth-order valence-corrected chi connectivity index (χ4v) is 5.12. The zero-order chi connectivity index (χ0) is 23.5. The Labute approximate surface area is 193 Å². The number of nitrogens with zero attached hydrogens (tertiary/aromatic N) is 1. The highest BCUT2D eigenvalue weighted by Gasteiger charge is 2.41. The third-order valence-corrected chi connectivity index (χ3v) is 6.65. The Kier molecular flexibility index (Phi) is 6.31. The Balaban J connectivity index is 1.73. The van der Waals surface area contributed by atoms with Crippen molar-refractivity contribution in [1.29, 1.82) is 0 Å².